The summed E-state index contributed by atoms with van der Waals surface area (Å²) in [5.74, 6) is 2.18. The van der Waals surface area contributed by atoms with Crippen LogP contribution in [0.4, 0.5) is 0 Å². The fourth-order valence-corrected chi connectivity index (χ4v) is 3.82. The highest BCUT2D eigenvalue weighted by Crippen LogP contribution is 2.32. The summed E-state index contributed by atoms with van der Waals surface area (Å²) in [6.45, 7) is 8.56. The fourth-order valence-electron chi connectivity index (χ4n) is 3.82. The second-order valence-electron chi connectivity index (χ2n) is 6.75. The van der Waals surface area contributed by atoms with Gasteiger partial charge in [0, 0.05) is 25.0 Å². The molecule has 2 N–H and O–H groups in total. The van der Waals surface area contributed by atoms with Crippen molar-refractivity contribution >= 4 is 5.91 Å². The van der Waals surface area contributed by atoms with Gasteiger partial charge in [-0.25, -0.2) is 0 Å². The molecule has 0 bridgehead atoms. The Morgan fingerprint density at radius 1 is 1.11 bits per heavy atom. The molecule has 1 saturated heterocycles. The Morgan fingerprint density at radius 2 is 1.72 bits per heavy atom. The molecule has 18 heavy (non-hydrogen) atoms. The lowest BCUT2D eigenvalue weighted by Crippen LogP contribution is -2.49. The minimum Gasteiger partial charge on any atom is -0.342 e. The van der Waals surface area contributed by atoms with Crippen LogP contribution >= 0.6 is 0 Å². The van der Waals surface area contributed by atoms with Crippen molar-refractivity contribution in [1.29, 1.82) is 0 Å². The van der Waals surface area contributed by atoms with Gasteiger partial charge in [0.2, 0.25) is 5.91 Å². The number of rotatable bonds is 1. The Kier molecular flexibility index (Phi) is 4.31. The SMILES string of the molecule is CC1CC(C)CN(C(=O)C2CCCC(N)C2C)C1. The third kappa shape index (κ3) is 2.87. The summed E-state index contributed by atoms with van der Waals surface area (Å²) >= 11 is 0. The van der Waals surface area contributed by atoms with Crippen molar-refractivity contribution in [1.82, 2.24) is 4.90 Å². The molecule has 0 radical (unpaired) electrons. The van der Waals surface area contributed by atoms with Gasteiger partial charge in [0.1, 0.15) is 0 Å². The zero-order valence-electron chi connectivity index (χ0n) is 12.1. The van der Waals surface area contributed by atoms with E-state index in [0.29, 0.717) is 23.7 Å². The van der Waals surface area contributed by atoms with Crippen LogP contribution in [0.2, 0.25) is 0 Å². The normalized spacial score (nSPS) is 41.8. The zero-order chi connectivity index (χ0) is 13.3. The number of carbonyl (C=O) groups is 1. The molecule has 1 aliphatic heterocycles. The van der Waals surface area contributed by atoms with Crippen LogP contribution in [-0.4, -0.2) is 29.9 Å². The first-order chi connectivity index (χ1) is 8.49. The average molecular weight is 252 g/mol. The molecular weight excluding hydrogens is 224 g/mol. The predicted octanol–water partition coefficient (Wildman–Crippen LogP) is 2.25. The molecule has 0 aromatic heterocycles. The van der Waals surface area contributed by atoms with Crippen LogP contribution in [0.1, 0.15) is 46.5 Å². The third-order valence-corrected chi connectivity index (χ3v) is 4.86. The molecule has 3 nitrogen and oxygen atoms in total. The Morgan fingerprint density at radius 3 is 2.33 bits per heavy atom. The maximum Gasteiger partial charge on any atom is 0.226 e. The molecule has 0 aromatic rings. The van der Waals surface area contributed by atoms with Crippen LogP contribution in [0.5, 0.6) is 0 Å². The van der Waals surface area contributed by atoms with Gasteiger partial charge in [-0.15, -0.1) is 0 Å². The first kappa shape index (κ1) is 13.9. The fraction of sp³-hybridized carbons (Fsp3) is 0.933. The summed E-state index contributed by atoms with van der Waals surface area (Å²) in [4.78, 5) is 14.8. The second kappa shape index (κ2) is 5.60. The van der Waals surface area contributed by atoms with Crippen molar-refractivity contribution in [2.45, 2.75) is 52.5 Å². The van der Waals surface area contributed by atoms with E-state index in [1.807, 2.05) is 0 Å². The van der Waals surface area contributed by atoms with Crippen molar-refractivity contribution in [2.24, 2.45) is 29.4 Å². The van der Waals surface area contributed by atoms with Gasteiger partial charge in [-0.1, -0.05) is 27.2 Å². The van der Waals surface area contributed by atoms with E-state index in [4.69, 9.17) is 5.73 Å². The Balaban J connectivity index is 2.01. The number of piperidine rings is 1. The van der Waals surface area contributed by atoms with E-state index in [9.17, 15) is 4.79 Å². The molecule has 0 aromatic carbocycles. The summed E-state index contributed by atoms with van der Waals surface area (Å²) in [5, 5.41) is 0. The Bertz CT molecular complexity index is 295. The van der Waals surface area contributed by atoms with E-state index in [0.717, 1.165) is 32.4 Å². The van der Waals surface area contributed by atoms with Crippen molar-refractivity contribution in [3.63, 3.8) is 0 Å². The van der Waals surface area contributed by atoms with Crippen molar-refractivity contribution in [3.05, 3.63) is 0 Å². The molecule has 1 aliphatic carbocycles. The number of likely N-dealkylation sites (tertiary alicyclic amines) is 1. The van der Waals surface area contributed by atoms with E-state index < -0.39 is 0 Å². The number of amides is 1. The Hall–Kier alpha value is -0.570. The molecule has 104 valence electrons. The number of carbonyl (C=O) groups excluding carboxylic acids is 1. The van der Waals surface area contributed by atoms with Crippen LogP contribution in [0.15, 0.2) is 0 Å². The molecule has 1 amide bonds. The highest BCUT2D eigenvalue weighted by Gasteiger charge is 2.36. The van der Waals surface area contributed by atoms with E-state index in [2.05, 4.69) is 25.7 Å². The van der Waals surface area contributed by atoms with E-state index >= 15 is 0 Å². The summed E-state index contributed by atoms with van der Waals surface area (Å²) in [5.41, 5.74) is 6.12. The number of nitrogens with zero attached hydrogens (tertiary/aromatic N) is 1. The first-order valence-electron chi connectivity index (χ1n) is 7.53. The van der Waals surface area contributed by atoms with Crippen LogP contribution in [0.25, 0.3) is 0 Å². The quantitative estimate of drug-likeness (QED) is 0.778. The van der Waals surface area contributed by atoms with Gasteiger partial charge in [-0.2, -0.15) is 0 Å². The Labute approximate surface area is 111 Å². The van der Waals surface area contributed by atoms with Gasteiger partial charge in [-0.05, 0) is 37.0 Å². The molecule has 2 rings (SSSR count). The lowest BCUT2D eigenvalue weighted by molar-refractivity contribution is -0.141. The maximum atomic E-state index is 12.7. The van der Waals surface area contributed by atoms with Crippen LogP contribution in [0, 0.1) is 23.7 Å². The van der Waals surface area contributed by atoms with Crippen LogP contribution < -0.4 is 5.73 Å². The van der Waals surface area contributed by atoms with Crippen molar-refractivity contribution < 1.29 is 4.79 Å². The van der Waals surface area contributed by atoms with Crippen molar-refractivity contribution in [3.8, 4) is 0 Å². The minimum atomic E-state index is 0.172. The van der Waals surface area contributed by atoms with Gasteiger partial charge >= 0.3 is 0 Å². The smallest absolute Gasteiger partial charge is 0.226 e. The van der Waals surface area contributed by atoms with Crippen LogP contribution in [-0.2, 0) is 4.79 Å². The highest BCUT2D eigenvalue weighted by molar-refractivity contribution is 5.79. The monoisotopic (exact) mass is 252 g/mol. The molecular formula is C15H28N2O. The molecule has 1 saturated carbocycles. The summed E-state index contributed by atoms with van der Waals surface area (Å²) in [6, 6.07) is 0.215. The summed E-state index contributed by atoms with van der Waals surface area (Å²) < 4.78 is 0. The van der Waals surface area contributed by atoms with Gasteiger partial charge in [-0.3, -0.25) is 4.79 Å². The summed E-state index contributed by atoms with van der Waals surface area (Å²) in [7, 11) is 0. The molecule has 2 fully saturated rings. The molecule has 0 spiro atoms. The standard InChI is InChI=1S/C15H28N2O/c1-10-7-11(2)9-17(8-10)15(18)13-5-4-6-14(16)12(13)3/h10-14H,4-9,16H2,1-3H3. The van der Waals surface area contributed by atoms with E-state index in [1.165, 1.54) is 6.42 Å². The molecule has 5 atom stereocenters. The molecule has 1 heterocycles. The minimum absolute atomic E-state index is 0.172. The van der Waals surface area contributed by atoms with Crippen LogP contribution in [0.3, 0.4) is 0 Å². The molecule has 5 unspecified atom stereocenters. The number of nitrogens with two attached hydrogens (primary N) is 1. The van der Waals surface area contributed by atoms with Gasteiger partial charge in [0.25, 0.3) is 0 Å². The molecule has 2 aliphatic rings. The van der Waals surface area contributed by atoms with E-state index in [1.54, 1.807) is 0 Å². The lowest BCUT2D eigenvalue weighted by Gasteiger charge is -2.40. The van der Waals surface area contributed by atoms with Gasteiger partial charge < -0.3 is 10.6 Å². The second-order valence-corrected chi connectivity index (χ2v) is 6.75. The zero-order valence-corrected chi connectivity index (χ0v) is 12.1. The molecule has 3 heteroatoms. The topological polar surface area (TPSA) is 46.3 Å². The summed E-state index contributed by atoms with van der Waals surface area (Å²) in [6.07, 6.45) is 4.48. The van der Waals surface area contributed by atoms with Crippen molar-refractivity contribution in [2.75, 3.05) is 13.1 Å². The van der Waals surface area contributed by atoms with Gasteiger partial charge in [0.15, 0.2) is 0 Å². The highest BCUT2D eigenvalue weighted by atomic mass is 16.2. The first-order valence-corrected chi connectivity index (χ1v) is 7.53. The lowest BCUT2D eigenvalue weighted by atomic mass is 9.76. The average Bonchev–Trinajstić information content (AvgIpc) is 2.30. The largest absolute Gasteiger partial charge is 0.342 e. The number of hydrogen-bond acceptors (Lipinski definition) is 2. The third-order valence-electron chi connectivity index (χ3n) is 4.86. The number of hydrogen-bond donors (Lipinski definition) is 1. The van der Waals surface area contributed by atoms with Gasteiger partial charge in [0.05, 0.1) is 0 Å². The predicted molar refractivity (Wildman–Crippen MR) is 74.0 cm³/mol. The maximum absolute atomic E-state index is 12.7. The van der Waals surface area contributed by atoms with E-state index in [-0.39, 0.29) is 12.0 Å².